The Hall–Kier alpha value is -3.25. The molecular formula is C23H21N3O2S. The third-order valence-electron chi connectivity index (χ3n) is 4.46. The van der Waals surface area contributed by atoms with E-state index < -0.39 is 0 Å². The minimum Gasteiger partial charge on any atom is -0.494 e. The van der Waals surface area contributed by atoms with Crippen LogP contribution in [0, 0.1) is 6.92 Å². The van der Waals surface area contributed by atoms with Gasteiger partial charge in [-0.2, -0.15) is 0 Å². The lowest BCUT2D eigenvalue weighted by atomic mass is 10.2. The number of amides is 1. The van der Waals surface area contributed by atoms with E-state index in [0.29, 0.717) is 16.7 Å². The zero-order chi connectivity index (χ0) is 20.2. The molecule has 5 nitrogen and oxygen atoms in total. The van der Waals surface area contributed by atoms with Crippen LogP contribution in [0.1, 0.15) is 18.2 Å². The fourth-order valence-electron chi connectivity index (χ4n) is 3.08. The Morgan fingerprint density at radius 2 is 1.90 bits per heavy atom. The quantitative estimate of drug-likeness (QED) is 0.605. The van der Waals surface area contributed by atoms with Crippen molar-refractivity contribution in [2.24, 2.45) is 4.99 Å². The van der Waals surface area contributed by atoms with E-state index in [-0.39, 0.29) is 5.91 Å². The molecule has 1 saturated heterocycles. The minimum absolute atomic E-state index is 0.141. The molecule has 3 aromatic rings. The van der Waals surface area contributed by atoms with E-state index in [4.69, 9.17) is 4.74 Å². The Balaban J connectivity index is 1.57. The summed E-state index contributed by atoms with van der Waals surface area (Å²) in [6.07, 6.45) is 3.90. The fraction of sp³-hybridized carbons (Fsp3) is 0.130. The Labute approximate surface area is 174 Å². The predicted octanol–water partition coefficient (Wildman–Crippen LogP) is 5.08. The van der Waals surface area contributed by atoms with Crippen LogP contribution in [-0.4, -0.2) is 22.2 Å². The Morgan fingerprint density at radius 1 is 1.10 bits per heavy atom. The van der Waals surface area contributed by atoms with Crippen molar-refractivity contribution in [3.05, 3.63) is 83.0 Å². The summed E-state index contributed by atoms with van der Waals surface area (Å²) in [5.74, 6) is 0.661. The van der Waals surface area contributed by atoms with Crippen LogP contribution in [0.5, 0.6) is 5.75 Å². The van der Waals surface area contributed by atoms with Gasteiger partial charge >= 0.3 is 0 Å². The lowest BCUT2D eigenvalue weighted by Gasteiger charge is -2.09. The summed E-state index contributed by atoms with van der Waals surface area (Å²) in [5, 5.41) is 3.41. The highest BCUT2D eigenvalue weighted by Crippen LogP contribution is 2.29. The molecule has 1 aliphatic heterocycles. The van der Waals surface area contributed by atoms with Gasteiger partial charge in [-0.3, -0.25) is 4.79 Å². The molecule has 0 bridgehead atoms. The third kappa shape index (κ3) is 4.27. The molecule has 1 fully saturated rings. The number of hydrogen-bond donors (Lipinski definition) is 1. The second kappa shape index (κ2) is 8.41. The second-order valence-corrected chi connectivity index (χ2v) is 7.53. The van der Waals surface area contributed by atoms with E-state index in [0.717, 1.165) is 22.8 Å². The van der Waals surface area contributed by atoms with Crippen LogP contribution in [0.4, 0.5) is 5.69 Å². The number of aliphatic imine (C=N–C) groups is 1. The summed E-state index contributed by atoms with van der Waals surface area (Å²) in [6, 6.07) is 19.6. The van der Waals surface area contributed by atoms with Gasteiger partial charge in [-0.25, -0.2) is 4.99 Å². The van der Waals surface area contributed by atoms with E-state index in [2.05, 4.69) is 33.9 Å². The maximum absolute atomic E-state index is 12.4. The van der Waals surface area contributed by atoms with Gasteiger partial charge in [0.2, 0.25) is 0 Å². The van der Waals surface area contributed by atoms with Crippen LogP contribution < -0.4 is 10.1 Å². The summed E-state index contributed by atoms with van der Waals surface area (Å²) in [6.45, 7) is 4.64. The summed E-state index contributed by atoms with van der Waals surface area (Å²) in [5.41, 5.74) is 3.97. The molecule has 0 atom stereocenters. The number of rotatable bonds is 5. The number of carbonyl (C=O) groups is 1. The summed E-state index contributed by atoms with van der Waals surface area (Å²) < 4.78 is 7.53. The largest absolute Gasteiger partial charge is 0.494 e. The molecule has 1 aromatic heterocycles. The Bertz CT molecular complexity index is 1100. The van der Waals surface area contributed by atoms with Crippen LogP contribution in [-0.2, 0) is 4.79 Å². The number of benzene rings is 2. The summed E-state index contributed by atoms with van der Waals surface area (Å²) in [4.78, 5) is 17.6. The molecule has 4 rings (SSSR count). The van der Waals surface area contributed by atoms with Crippen molar-refractivity contribution in [2.45, 2.75) is 13.8 Å². The highest BCUT2D eigenvalue weighted by Gasteiger charge is 2.24. The number of nitrogens with one attached hydrogen (secondary N) is 1. The first kappa shape index (κ1) is 19.1. The SMILES string of the molecule is CCOc1ccc(N=C2NC(=O)/C(=C\c3cccn3-c3ccccc3C)S2)cc1. The van der Waals surface area contributed by atoms with Gasteiger partial charge in [0, 0.05) is 17.6 Å². The van der Waals surface area contributed by atoms with Gasteiger partial charge in [0.15, 0.2) is 5.17 Å². The van der Waals surface area contributed by atoms with E-state index in [1.165, 1.54) is 17.3 Å². The lowest BCUT2D eigenvalue weighted by molar-refractivity contribution is -0.115. The first-order chi connectivity index (χ1) is 14.1. The van der Waals surface area contributed by atoms with Crippen molar-refractivity contribution in [1.82, 2.24) is 9.88 Å². The Kier molecular flexibility index (Phi) is 5.53. The third-order valence-corrected chi connectivity index (χ3v) is 5.37. The fourth-order valence-corrected chi connectivity index (χ4v) is 3.91. The number of amidine groups is 1. The van der Waals surface area contributed by atoms with Gasteiger partial charge in [0.05, 0.1) is 17.2 Å². The number of aromatic nitrogens is 1. The molecule has 2 heterocycles. The van der Waals surface area contributed by atoms with Gasteiger partial charge < -0.3 is 14.6 Å². The maximum atomic E-state index is 12.4. The van der Waals surface area contributed by atoms with Crippen LogP contribution >= 0.6 is 11.8 Å². The average molecular weight is 404 g/mol. The Morgan fingerprint density at radius 3 is 2.66 bits per heavy atom. The molecule has 0 spiro atoms. The van der Waals surface area contributed by atoms with E-state index >= 15 is 0 Å². The smallest absolute Gasteiger partial charge is 0.264 e. The molecule has 2 aromatic carbocycles. The van der Waals surface area contributed by atoms with Gasteiger partial charge in [0.1, 0.15) is 5.75 Å². The van der Waals surface area contributed by atoms with Gasteiger partial charge in [0.25, 0.3) is 5.91 Å². The number of thioether (sulfide) groups is 1. The van der Waals surface area contributed by atoms with Crippen molar-refractivity contribution in [1.29, 1.82) is 0 Å². The van der Waals surface area contributed by atoms with Gasteiger partial charge in [-0.1, -0.05) is 18.2 Å². The first-order valence-electron chi connectivity index (χ1n) is 9.40. The van der Waals surface area contributed by atoms with Crippen LogP contribution in [0.15, 0.2) is 76.8 Å². The molecule has 0 saturated carbocycles. The van der Waals surface area contributed by atoms with Crippen molar-refractivity contribution < 1.29 is 9.53 Å². The molecule has 1 amide bonds. The number of ether oxygens (including phenoxy) is 1. The van der Waals surface area contributed by atoms with E-state index in [1.54, 1.807) is 0 Å². The number of aryl methyl sites for hydroxylation is 1. The number of nitrogens with zero attached hydrogens (tertiary/aromatic N) is 2. The topological polar surface area (TPSA) is 55.6 Å². The molecule has 0 aliphatic carbocycles. The number of para-hydroxylation sites is 1. The minimum atomic E-state index is -0.141. The first-order valence-corrected chi connectivity index (χ1v) is 10.2. The highest BCUT2D eigenvalue weighted by molar-refractivity contribution is 8.18. The van der Waals surface area contributed by atoms with Crippen molar-refractivity contribution in [2.75, 3.05) is 6.61 Å². The molecule has 29 heavy (non-hydrogen) atoms. The van der Waals surface area contributed by atoms with Crippen LogP contribution in [0.3, 0.4) is 0 Å². The monoisotopic (exact) mass is 403 g/mol. The molecule has 6 heteroatoms. The highest BCUT2D eigenvalue weighted by atomic mass is 32.2. The molecule has 1 aliphatic rings. The van der Waals surface area contributed by atoms with E-state index in [1.807, 2.05) is 67.7 Å². The summed E-state index contributed by atoms with van der Waals surface area (Å²) in [7, 11) is 0. The molecule has 0 radical (unpaired) electrons. The molecule has 0 unspecified atom stereocenters. The molecule has 1 N–H and O–H groups in total. The number of hydrogen-bond acceptors (Lipinski definition) is 4. The average Bonchev–Trinajstić information content (AvgIpc) is 3.31. The normalized spacial score (nSPS) is 16.4. The lowest BCUT2D eigenvalue weighted by Crippen LogP contribution is -2.19. The molecule has 146 valence electrons. The zero-order valence-corrected chi connectivity index (χ0v) is 17.1. The van der Waals surface area contributed by atoms with Crippen molar-refractivity contribution in [3.63, 3.8) is 0 Å². The predicted molar refractivity (Wildman–Crippen MR) is 119 cm³/mol. The van der Waals surface area contributed by atoms with Crippen LogP contribution in [0.2, 0.25) is 0 Å². The van der Waals surface area contributed by atoms with Gasteiger partial charge in [-0.15, -0.1) is 0 Å². The second-order valence-electron chi connectivity index (χ2n) is 6.50. The zero-order valence-electron chi connectivity index (χ0n) is 16.3. The molecular weight excluding hydrogens is 382 g/mol. The van der Waals surface area contributed by atoms with Gasteiger partial charge in [-0.05, 0) is 79.7 Å². The maximum Gasteiger partial charge on any atom is 0.264 e. The van der Waals surface area contributed by atoms with Crippen molar-refractivity contribution >= 4 is 34.6 Å². The van der Waals surface area contributed by atoms with Crippen molar-refractivity contribution in [3.8, 4) is 11.4 Å². The summed E-state index contributed by atoms with van der Waals surface area (Å²) >= 11 is 1.34. The van der Waals surface area contributed by atoms with E-state index in [9.17, 15) is 4.79 Å². The number of carbonyl (C=O) groups excluding carboxylic acids is 1. The standard InChI is InChI=1S/C23H21N3O2S/c1-3-28-19-12-10-17(11-13-19)24-23-25-22(27)21(29-23)15-18-8-6-14-26(18)20-9-5-4-7-16(20)2/h4-15H,3H2,1-2H3,(H,24,25,27)/b21-15+. The van der Waals surface area contributed by atoms with Crippen LogP contribution in [0.25, 0.3) is 11.8 Å².